The third-order valence-electron chi connectivity index (χ3n) is 4.76. The van der Waals surface area contributed by atoms with Crippen LogP contribution in [0, 0.1) is 0 Å². The maximum atomic E-state index is 12.9. The van der Waals surface area contributed by atoms with Crippen LogP contribution in [0.1, 0.15) is 42.1 Å². The molecule has 2 aromatic rings. The summed E-state index contributed by atoms with van der Waals surface area (Å²) >= 11 is 0. The van der Waals surface area contributed by atoms with E-state index in [4.69, 9.17) is 0 Å². The van der Waals surface area contributed by atoms with Crippen molar-refractivity contribution in [3.8, 4) is 0 Å². The maximum Gasteiger partial charge on any atom is 0.243 e. The smallest absolute Gasteiger partial charge is 0.243 e. The molecule has 0 fully saturated rings. The van der Waals surface area contributed by atoms with Gasteiger partial charge >= 0.3 is 0 Å². The summed E-state index contributed by atoms with van der Waals surface area (Å²) in [6.07, 6.45) is 2.91. The molecule has 0 spiro atoms. The van der Waals surface area contributed by atoms with Crippen LogP contribution < -0.4 is 5.32 Å². The molecular weight excluding hydrogens is 360 g/mol. The zero-order valence-corrected chi connectivity index (χ0v) is 17.2. The first-order valence-corrected chi connectivity index (χ1v) is 11.0. The molecule has 0 radical (unpaired) electrons. The van der Waals surface area contributed by atoms with E-state index in [1.807, 2.05) is 6.07 Å². The number of sulfonamides is 1. The topological polar surface area (TPSA) is 66.5 Å². The zero-order chi connectivity index (χ0) is 20.0. The largest absolute Gasteiger partial charge is 0.350 e. The number of rotatable bonds is 8. The SMILES string of the molecule is CCc1ccc(CC)c(CNC(=O)[C@@H](c2ccccc2)N(C)S(C)(=O)=O)c1. The molecule has 0 aliphatic carbocycles. The highest BCUT2D eigenvalue weighted by atomic mass is 32.2. The van der Waals surface area contributed by atoms with Crippen LogP contribution in [-0.4, -0.2) is 31.9 Å². The highest BCUT2D eigenvalue weighted by molar-refractivity contribution is 7.88. The molecule has 0 saturated carbocycles. The van der Waals surface area contributed by atoms with Gasteiger partial charge in [-0.1, -0.05) is 62.4 Å². The zero-order valence-electron chi connectivity index (χ0n) is 16.4. The molecular formula is C21H28N2O3S. The quantitative estimate of drug-likeness (QED) is 0.756. The number of amides is 1. The molecule has 2 rings (SSSR count). The van der Waals surface area contributed by atoms with Crippen LogP contribution >= 0.6 is 0 Å². The lowest BCUT2D eigenvalue weighted by atomic mass is 10.0. The standard InChI is InChI=1S/C21H28N2O3S/c1-5-16-12-13-17(6-2)19(14-16)15-22-21(24)20(23(3)27(4,25)26)18-10-8-7-9-11-18/h7-14,20H,5-6,15H2,1-4H3,(H,22,24)/t20-/m1/s1. The Morgan fingerprint density at radius 3 is 2.26 bits per heavy atom. The normalized spacial score (nSPS) is 12.8. The van der Waals surface area contributed by atoms with Gasteiger partial charge in [0.15, 0.2) is 0 Å². The fraction of sp³-hybridized carbons (Fsp3) is 0.381. The van der Waals surface area contributed by atoms with Crippen LogP contribution in [-0.2, 0) is 34.2 Å². The van der Waals surface area contributed by atoms with Crippen molar-refractivity contribution in [3.05, 3.63) is 70.8 Å². The Kier molecular flexibility index (Phi) is 7.16. The first-order valence-electron chi connectivity index (χ1n) is 9.14. The van der Waals surface area contributed by atoms with Gasteiger partial charge in [-0.25, -0.2) is 8.42 Å². The second kappa shape index (κ2) is 9.15. The Bertz CT molecular complexity index is 880. The van der Waals surface area contributed by atoms with E-state index >= 15 is 0 Å². The summed E-state index contributed by atoms with van der Waals surface area (Å²) in [5.74, 6) is -0.335. The molecule has 2 aromatic carbocycles. The van der Waals surface area contributed by atoms with Gasteiger partial charge in [0.25, 0.3) is 0 Å². The number of nitrogens with zero attached hydrogens (tertiary/aromatic N) is 1. The minimum Gasteiger partial charge on any atom is -0.350 e. The molecule has 1 amide bonds. The Hall–Kier alpha value is -2.18. The number of benzene rings is 2. The van der Waals surface area contributed by atoms with Gasteiger partial charge in [0.2, 0.25) is 15.9 Å². The molecule has 0 aliphatic heterocycles. The van der Waals surface area contributed by atoms with Crippen LogP contribution in [0.5, 0.6) is 0 Å². The van der Waals surface area contributed by atoms with Crippen molar-refractivity contribution >= 4 is 15.9 Å². The number of hydrogen-bond acceptors (Lipinski definition) is 3. The molecule has 0 heterocycles. The van der Waals surface area contributed by atoms with Gasteiger partial charge < -0.3 is 5.32 Å². The van der Waals surface area contributed by atoms with Crippen molar-refractivity contribution in [2.24, 2.45) is 0 Å². The fourth-order valence-corrected chi connectivity index (χ4v) is 3.64. The molecule has 0 unspecified atom stereocenters. The number of hydrogen-bond donors (Lipinski definition) is 1. The number of likely N-dealkylation sites (N-methyl/N-ethyl adjacent to an activating group) is 1. The van der Waals surface area contributed by atoms with Gasteiger partial charge in [-0.15, -0.1) is 0 Å². The molecule has 27 heavy (non-hydrogen) atoms. The Balaban J connectivity index is 2.27. The van der Waals surface area contributed by atoms with Gasteiger partial charge in [-0.2, -0.15) is 4.31 Å². The van der Waals surface area contributed by atoms with E-state index in [-0.39, 0.29) is 5.91 Å². The maximum absolute atomic E-state index is 12.9. The van der Waals surface area contributed by atoms with Gasteiger partial charge in [0.05, 0.1) is 6.26 Å². The Labute approximate surface area is 162 Å². The van der Waals surface area contributed by atoms with E-state index < -0.39 is 16.1 Å². The van der Waals surface area contributed by atoms with Crippen molar-refractivity contribution in [1.82, 2.24) is 9.62 Å². The minimum atomic E-state index is -3.53. The summed E-state index contributed by atoms with van der Waals surface area (Å²) < 4.78 is 25.2. The third-order valence-corrected chi connectivity index (χ3v) is 6.02. The van der Waals surface area contributed by atoms with Crippen LogP contribution in [0.15, 0.2) is 48.5 Å². The van der Waals surface area contributed by atoms with Crippen LogP contribution in [0.2, 0.25) is 0 Å². The Morgan fingerprint density at radius 1 is 1.04 bits per heavy atom. The first-order chi connectivity index (χ1) is 12.8. The van der Waals surface area contributed by atoms with E-state index in [1.54, 1.807) is 24.3 Å². The molecule has 5 nitrogen and oxygen atoms in total. The van der Waals surface area contributed by atoms with Gasteiger partial charge in [0, 0.05) is 13.6 Å². The summed E-state index contributed by atoms with van der Waals surface area (Å²) in [5.41, 5.74) is 4.10. The van der Waals surface area contributed by atoms with E-state index in [2.05, 4.69) is 37.4 Å². The monoisotopic (exact) mass is 388 g/mol. The average molecular weight is 389 g/mol. The Morgan fingerprint density at radius 2 is 1.70 bits per heavy atom. The number of aryl methyl sites for hydroxylation is 2. The highest BCUT2D eigenvalue weighted by Crippen LogP contribution is 2.22. The lowest BCUT2D eigenvalue weighted by Crippen LogP contribution is -2.41. The fourth-order valence-electron chi connectivity index (χ4n) is 3.04. The molecule has 146 valence electrons. The van der Waals surface area contributed by atoms with Crippen LogP contribution in [0.3, 0.4) is 0 Å². The average Bonchev–Trinajstić information content (AvgIpc) is 2.66. The summed E-state index contributed by atoms with van der Waals surface area (Å²) in [5, 5.41) is 2.93. The van der Waals surface area contributed by atoms with E-state index in [1.165, 1.54) is 18.2 Å². The lowest BCUT2D eigenvalue weighted by Gasteiger charge is -2.26. The summed E-state index contributed by atoms with van der Waals surface area (Å²) in [6.45, 7) is 4.54. The predicted molar refractivity (Wildman–Crippen MR) is 109 cm³/mol. The lowest BCUT2D eigenvalue weighted by molar-refractivity contribution is -0.125. The molecule has 0 aromatic heterocycles. The second-order valence-corrected chi connectivity index (χ2v) is 8.66. The van der Waals surface area contributed by atoms with Crippen LogP contribution in [0.4, 0.5) is 0 Å². The number of carbonyl (C=O) groups excluding carboxylic acids is 1. The van der Waals surface area contributed by atoms with E-state index in [0.29, 0.717) is 12.1 Å². The van der Waals surface area contributed by atoms with Gasteiger partial charge in [0.1, 0.15) is 6.04 Å². The first kappa shape index (κ1) is 21.1. The number of carbonyl (C=O) groups is 1. The summed E-state index contributed by atoms with van der Waals surface area (Å²) in [4.78, 5) is 12.9. The molecule has 1 N–H and O–H groups in total. The number of nitrogens with one attached hydrogen (secondary N) is 1. The van der Waals surface area contributed by atoms with Crippen molar-refractivity contribution in [2.45, 2.75) is 39.3 Å². The van der Waals surface area contributed by atoms with Crippen molar-refractivity contribution in [1.29, 1.82) is 0 Å². The van der Waals surface area contributed by atoms with Crippen molar-refractivity contribution < 1.29 is 13.2 Å². The molecule has 0 saturated heterocycles. The predicted octanol–water partition coefficient (Wildman–Crippen LogP) is 3.06. The minimum absolute atomic E-state index is 0.335. The third kappa shape index (κ3) is 5.40. The molecule has 0 bridgehead atoms. The van der Waals surface area contributed by atoms with Gasteiger partial charge in [-0.05, 0) is 35.1 Å². The molecule has 0 aliphatic rings. The van der Waals surface area contributed by atoms with Crippen molar-refractivity contribution in [2.75, 3.05) is 13.3 Å². The molecule has 6 heteroatoms. The highest BCUT2D eigenvalue weighted by Gasteiger charge is 2.30. The van der Waals surface area contributed by atoms with Crippen molar-refractivity contribution in [3.63, 3.8) is 0 Å². The van der Waals surface area contributed by atoms with Crippen LogP contribution in [0.25, 0.3) is 0 Å². The molecule has 1 atom stereocenters. The van der Waals surface area contributed by atoms with E-state index in [9.17, 15) is 13.2 Å². The summed E-state index contributed by atoms with van der Waals surface area (Å²) in [6, 6.07) is 14.4. The second-order valence-electron chi connectivity index (χ2n) is 6.62. The summed E-state index contributed by atoms with van der Waals surface area (Å²) in [7, 11) is -2.10. The van der Waals surface area contributed by atoms with Gasteiger partial charge in [-0.3, -0.25) is 4.79 Å². The van der Waals surface area contributed by atoms with E-state index in [0.717, 1.165) is 29.0 Å².